The summed E-state index contributed by atoms with van der Waals surface area (Å²) in [5, 5.41) is 6.32. The molecule has 12 heteroatoms. The van der Waals surface area contributed by atoms with Crippen LogP contribution in [0.25, 0.3) is 0 Å². The minimum absolute atomic E-state index is 0.176. The molecule has 45 heavy (non-hydrogen) atoms. The molecule has 3 fully saturated rings. The third-order valence-corrected chi connectivity index (χ3v) is 9.75. The Kier molecular flexibility index (Phi) is 8.37. The van der Waals surface area contributed by atoms with Crippen LogP contribution in [0.2, 0.25) is 5.02 Å². The predicted octanol–water partition coefficient (Wildman–Crippen LogP) is 3.75. The van der Waals surface area contributed by atoms with Crippen LogP contribution in [-0.2, 0) is 22.7 Å². The number of nitrogens with one attached hydrogen (secondary N) is 2. The summed E-state index contributed by atoms with van der Waals surface area (Å²) in [4.78, 5) is 56.9. The molecule has 11 nitrogen and oxygen atoms in total. The highest BCUT2D eigenvalue weighted by atomic mass is 35.5. The number of aromatic nitrogens is 3. The molecular weight excluding hydrogens is 592 g/mol. The number of nitrogens with zero attached hydrogens (tertiary/aromatic N) is 6. The first kappa shape index (κ1) is 29.6. The molecule has 0 bridgehead atoms. The molecule has 0 saturated carbocycles. The van der Waals surface area contributed by atoms with Crippen LogP contribution in [0.15, 0.2) is 48.8 Å². The van der Waals surface area contributed by atoms with Crippen LogP contribution in [-0.4, -0.2) is 80.7 Å². The molecule has 2 N–H and O–H groups in total. The van der Waals surface area contributed by atoms with Crippen LogP contribution >= 0.6 is 11.6 Å². The van der Waals surface area contributed by atoms with Gasteiger partial charge in [-0.05, 0) is 75.0 Å². The fraction of sp³-hybridized carbons (Fsp3) is 0.455. The lowest BCUT2D eigenvalue weighted by molar-refractivity contribution is -0.136. The van der Waals surface area contributed by atoms with Gasteiger partial charge < -0.3 is 15.1 Å². The van der Waals surface area contributed by atoms with E-state index in [-0.39, 0.29) is 18.2 Å². The molecule has 0 aliphatic carbocycles. The van der Waals surface area contributed by atoms with Gasteiger partial charge in [-0.1, -0.05) is 23.7 Å². The van der Waals surface area contributed by atoms with E-state index in [1.165, 1.54) is 11.3 Å². The van der Waals surface area contributed by atoms with Gasteiger partial charge in [0, 0.05) is 49.4 Å². The molecule has 1 aromatic carbocycles. The standard InChI is InChI=1S/C33H37ClN8O3/c34-23-17-35-33(36-18-23)37-24-11-15-41(16-12-24)25-3-1-21(2-4-25)19-40-13-9-22(10-14-40)27-6-5-26-28(38-27)20-42(32(26)45)29-7-8-30(43)39-31(29)44/h1-6,17-18,22,24,29H,7-16,19-20H2,(H,35,36,37)(H,39,43,44). The number of rotatable bonds is 7. The largest absolute Gasteiger partial charge is 0.371 e. The van der Waals surface area contributed by atoms with E-state index in [1.807, 2.05) is 12.1 Å². The van der Waals surface area contributed by atoms with Crippen LogP contribution in [0.1, 0.15) is 71.8 Å². The van der Waals surface area contributed by atoms with Gasteiger partial charge in [-0.3, -0.25) is 29.6 Å². The van der Waals surface area contributed by atoms with Crippen molar-refractivity contribution in [1.82, 2.24) is 30.1 Å². The molecule has 3 amide bonds. The maximum atomic E-state index is 13.0. The Morgan fingerprint density at radius 3 is 2.33 bits per heavy atom. The molecule has 7 rings (SSSR count). The summed E-state index contributed by atoms with van der Waals surface area (Å²) in [5.74, 6) is 0.123. The van der Waals surface area contributed by atoms with Crippen molar-refractivity contribution in [2.75, 3.05) is 36.4 Å². The Balaban J connectivity index is 0.881. The van der Waals surface area contributed by atoms with E-state index >= 15 is 0 Å². The average molecular weight is 629 g/mol. The SMILES string of the molecule is O=C1CCC(N2Cc3nc(C4CCN(Cc5ccc(N6CCC(Nc7ncc(Cl)cn7)CC6)cc5)CC4)ccc3C2=O)C(=O)N1. The minimum atomic E-state index is -0.615. The summed E-state index contributed by atoms with van der Waals surface area (Å²) >= 11 is 5.89. The maximum Gasteiger partial charge on any atom is 0.256 e. The summed E-state index contributed by atoms with van der Waals surface area (Å²) in [6, 6.07) is 12.6. The number of amides is 3. The Labute approximate surface area is 267 Å². The molecule has 1 unspecified atom stereocenters. The number of fused-ring (bicyclic) bond motifs is 1. The van der Waals surface area contributed by atoms with E-state index in [9.17, 15) is 14.4 Å². The highest BCUT2D eigenvalue weighted by molar-refractivity contribution is 6.30. The van der Waals surface area contributed by atoms with Crippen molar-refractivity contribution in [2.45, 2.75) is 69.6 Å². The third kappa shape index (κ3) is 6.50. The van der Waals surface area contributed by atoms with E-state index in [4.69, 9.17) is 16.6 Å². The first-order valence-electron chi connectivity index (χ1n) is 15.8. The van der Waals surface area contributed by atoms with Crippen LogP contribution in [0.4, 0.5) is 11.6 Å². The third-order valence-electron chi connectivity index (χ3n) is 9.56. The van der Waals surface area contributed by atoms with Gasteiger partial charge in [0.1, 0.15) is 6.04 Å². The number of halogens is 1. The van der Waals surface area contributed by atoms with Gasteiger partial charge in [0.05, 0.1) is 35.2 Å². The van der Waals surface area contributed by atoms with E-state index in [1.54, 1.807) is 17.3 Å². The second kappa shape index (κ2) is 12.7. The molecule has 3 aromatic rings. The number of likely N-dealkylation sites (tertiary alicyclic amines) is 1. The molecule has 3 saturated heterocycles. The lowest BCUT2D eigenvalue weighted by Crippen LogP contribution is -2.52. The molecule has 234 valence electrons. The monoisotopic (exact) mass is 628 g/mol. The zero-order valence-corrected chi connectivity index (χ0v) is 25.9. The average Bonchev–Trinajstić information content (AvgIpc) is 3.38. The number of hydrogen-bond donors (Lipinski definition) is 2. The van der Waals surface area contributed by atoms with Gasteiger partial charge in [-0.15, -0.1) is 0 Å². The quantitative estimate of drug-likeness (QED) is 0.377. The van der Waals surface area contributed by atoms with Crippen molar-refractivity contribution in [2.24, 2.45) is 0 Å². The van der Waals surface area contributed by atoms with Crippen LogP contribution in [0.5, 0.6) is 0 Å². The topological polar surface area (TPSA) is 124 Å². The highest BCUT2D eigenvalue weighted by Crippen LogP contribution is 2.32. The molecule has 4 aliphatic rings. The van der Waals surface area contributed by atoms with Gasteiger partial charge in [0.25, 0.3) is 5.91 Å². The predicted molar refractivity (Wildman–Crippen MR) is 170 cm³/mol. The first-order valence-corrected chi connectivity index (χ1v) is 16.2. The van der Waals surface area contributed by atoms with Crippen molar-refractivity contribution in [1.29, 1.82) is 0 Å². The Bertz CT molecular complexity index is 1570. The lowest BCUT2D eigenvalue weighted by Gasteiger charge is -2.34. The number of imide groups is 1. The molecule has 4 aliphatic heterocycles. The number of pyridine rings is 1. The van der Waals surface area contributed by atoms with E-state index in [0.29, 0.717) is 41.5 Å². The van der Waals surface area contributed by atoms with Crippen molar-refractivity contribution < 1.29 is 14.4 Å². The molecule has 2 aromatic heterocycles. The summed E-state index contributed by atoms with van der Waals surface area (Å²) in [6.45, 7) is 5.19. The zero-order valence-electron chi connectivity index (χ0n) is 25.1. The minimum Gasteiger partial charge on any atom is -0.371 e. The van der Waals surface area contributed by atoms with E-state index in [2.05, 4.69) is 54.7 Å². The molecular formula is C33H37ClN8O3. The van der Waals surface area contributed by atoms with Crippen molar-refractivity contribution in [3.8, 4) is 0 Å². The summed E-state index contributed by atoms with van der Waals surface area (Å²) in [7, 11) is 0. The Morgan fingerprint density at radius 1 is 0.889 bits per heavy atom. The molecule has 0 radical (unpaired) electrons. The number of benzene rings is 1. The number of hydrogen-bond acceptors (Lipinski definition) is 9. The summed E-state index contributed by atoms with van der Waals surface area (Å²) in [6.07, 6.45) is 7.91. The number of piperidine rings is 3. The number of carbonyl (C=O) groups is 3. The summed E-state index contributed by atoms with van der Waals surface area (Å²) in [5.41, 5.74) is 4.90. The highest BCUT2D eigenvalue weighted by Gasteiger charge is 2.40. The Hall–Kier alpha value is -4.09. The van der Waals surface area contributed by atoms with Gasteiger partial charge in [-0.25, -0.2) is 9.97 Å². The van der Waals surface area contributed by atoms with E-state index in [0.717, 1.165) is 69.8 Å². The van der Waals surface area contributed by atoms with Crippen LogP contribution < -0.4 is 15.5 Å². The fourth-order valence-electron chi connectivity index (χ4n) is 6.99. The van der Waals surface area contributed by atoms with Gasteiger partial charge in [0.15, 0.2) is 0 Å². The van der Waals surface area contributed by atoms with Gasteiger partial charge in [0.2, 0.25) is 17.8 Å². The number of anilines is 2. The smallest absolute Gasteiger partial charge is 0.256 e. The van der Waals surface area contributed by atoms with Crippen LogP contribution in [0, 0.1) is 0 Å². The van der Waals surface area contributed by atoms with E-state index < -0.39 is 11.9 Å². The van der Waals surface area contributed by atoms with Crippen molar-refractivity contribution >= 4 is 41.0 Å². The molecule has 1 atom stereocenters. The molecule has 6 heterocycles. The second-order valence-electron chi connectivity index (χ2n) is 12.5. The second-order valence-corrected chi connectivity index (χ2v) is 12.9. The lowest BCUT2D eigenvalue weighted by atomic mass is 9.92. The van der Waals surface area contributed by atoms with Crippen molar-refractivity contribution in [3.05, 3.63) is 76.3 Å². The number of carbonyl (C=O) groups excluding carboxylic acids is 3. The normalized spacial score (nSPS) is 21.6. The van der Waals surface area contributed by atoms with Crippen LogP contribution in [0.3, 0.4) is 0 Å². The van der Waals surface area contributed by atoms with Gasteiger partial charge >= 0.3 is 0 Å². The first-order chi connectivity index (χ1) is 21.9. The Morgan fingerprint density at radius 2 is 1.62 bits per heavy atom. The molecule has 0 spiro atoms. The summed E-state index contributed by atoms with van der Waals surface area (Å²) < 4.78 is 0. The maximum absolute atomic E-state index is 13.0. The fourth-order valence-corrected chi connectivity index (χ4v) is 7.09. The van der Waals surface area contributed by atoms with Crippen molar-refractivity contribution in [3.63, 3.8) is 0 Å². The zero-order chi connectivity index (χ0) is 30.9. The van der Waals surface area contributed by atoms with Gasteiger partial charge in [-0.2, -0.15) is 0 Å².